The number of rotatable bonds is 6. The Hall–Kier alpha value is -1.17. The van der Waals surface area contributed by atoms with Gasteiger partial charge in [0.05, 0.1) is 17.5 Å². The Labute approximate surface area is 104 Å². The summed E-state index contributed by atoms with van der Waals surface area (Å²) in [5, 5.41) is -0.504. The molecule has 17 heavy (non-hydrogen) atoms. The van der Waals surface area contributed by atoms with E-state index in [1.165, 1.54) is 18.7 Å². The molecule has 1 saturated heterocycles. The molecule has 0 radical (unpaired) electrons. The summed E-state index contributed by atoms with van der Waals surface area (Å²) < 4.78 is 0. The Morgan fingerprint density at radius 2 is 2.06 bits per heavy atom. The SMILES string of the molecule is CCC(=O)CN1C(=O)CC(SCC(C)=O)C1=O. The predicted molar refractivity (Wildman–Crippen MR) is 63.6 cm³/mol. The van der Waals surface area contributed by atoms with Gasteiger partial charge in [0.15, 0.2) is 5.78 Å². The molecule has 5 nitrogen and oxygen atoms in total. The number of carbonyl (C=O) groups excluding carboxylic acids is 4. The summed E-state index contributed by atoms with van der Waals surface area (Å²) in [5.41, 5.74) is 0. The minimum Gasteiger partial charge on any atom is -0.299 e. The zero-order valence-corrected chi connectivity index (χ0v) is 10.7. The second-order valence-electron chi connectivity index (χ2n) is 3.92. The minimum atomic E-state index is -0.504. The molecule has 1 rings (SSSR count). The molecule has 0 bridgehead atoms. The van der Waals surface area contributed by atoms with E-state index in [1.807, 2.05) is 0 Å². The number of ketones is 2. The molecule has 1 aliphatic heterocycles. The van der Waals surface area contributed by atoms with Crippen molar-refractivity contribution in [3.63, 3.8) is 0 Å². The molecule has 0 aromatic rings. The van der Waals surface area contributed by atoms with Gasteiger partial charge in [-0.05, 0) is 6.92 Å². The Morgan fingerprint density at radius 1 is 1.41 bits per heavy atom. The lowest BCUT2D eigenvalue weighted by Gasteiger charge is -2.13. The van der Waals surface area contributed by atoms with Gasteiger partial charge in [0.25, 0.3) is 0 Å². The molecule has 1 atom stereocenters. The Kier molecular flexibility index (Phi) is 4.86. The first-order valence-corrected chi connectivity index (χ1v) is 6.47. The van der Waals surface area contributed by atoms with Crippen LogP contribution in [0.25, 0.3) is 0 Å². The fraction of sp³-hybridized carbons (Fsp3) is 0.636. The molecule has 0 aromatic heterocycles. The monoisotopic (exact) mass is 257 g/mol. The van der Waals surface area contributed by atoms with Gasteiger partial charge < -0.3 is 0 Å². The van der Waals surface area contributed by atoms with E-state index in [0.717, 1.165) is 4.90 Å². The highest BCUT2D eigenvalue weighted by molar-refractivity contribution is 8.01. The third-order valence-corrected chi connectivity index (χ3v) is 3.76. The van der Waals surface area contributed by atoms with E-state index in [0.29, 0.717) is 6.42 Å². The highest BCUT2D eigenvalue weighted by Gasteiger charge is 2.39. The van der Waals surface area contributed by atoms with Gasteiger partial charge in [-0.25, -0.2) is 0 Å². The molecule has 2 amide bonds. The van der Waals surface area contributed by atoms with E-state index in [9.17, 15) is 19.2 Å². The summed E-state index contributed by atoms with van der Waals surface area (Å²) in [6.45, 7) is 2.99. The summed E-state index contributed by atoms with van der Waals surface area (Å²) in [6.07, 6.45) is 0.399. The summed E-state index contributed by atoms with van der Waals surface area (Å²) in [5.74, 6) is -0.609. The van der Waals surface area contributed by atoms with Crippen LogP contribution < -0.4 is 0 Å². The van der Waals surface area contributed by atoms with Crippen LogP contribution in [0.3, 0.4) is 0 Å². The van der Waals surface area contributed by atoms with Crippen LogP contribution in [-0.2, 0) is 19.2 Å². The topological polar surface area (TPSA) is 71.5 Å². The fourth-order valence-electron chi connectivity index (χ4n) is 1.46. The third-order valence-electron chi connectivity index (χ3n) is 2.42. The van der Waals surface area contributed by atoms with Crippen molar-refractivity contribution in [1.29, 1.82) is 0 Å². The van der Waals surface area contributed by atoms with Crippen LogP contribution >= 0.6 is 11.8 Å². The van der Waals surface area contributed by atoms with Crippen molar-refractivity contribution in [2.24, 2.45) is 0 Å². The van der Waals surface area contributed by atoms with E-state index in [-0.39, 0.29) is 42.1 Å². The highest BCUT2D eigenvalue weighted by Crippen LogP contribution is 2.25. The molecule has 94 valence electrons. The molecule has 1 heterocycles. The zero-order valence-electron chi connectivity index (χ0n) is 9.89. The molecule has 0 aromatic carbocycles. The van der Waals surface area contributed by atoms with Crippen molar-refractivity contribution < 1.29 is 19.2 Å². The van der Waals surface area contributed by atoms with E-state index in [2.05, 4.69) is 0 Å². The quantitative estimate of drug-likeness (QED) is 0.645. The van der Waals surface area contributed by atoms with Crippen LogP contribution in [0.15, 0.2) is 0 Å². The number of amides is 2. The molecular formula is C11H15NO4S. The van der Waals surface area contributed by atoms with Gasteiger partial charge in [0.2, 0.25) is 11.8 Å². The van der Waals surface area contributed by atoms with Crippen LogP contribution in [0.2, 0.25) is 0 Å². The van der Waals surface area contributed by atoms with Gasteiger partial charge in [0.1, 0.15) is 5.78 Å². The number of hydrogen-bond donors (Lipinski definition) is 0. The lowest BCUT2D eigenvalue weighted by Crippen LogP contribution is -2.35. The summed E-state index contributed by atoms with van der Waals surface area (Å²) >= 11 is 1.17. The van der Waals surface area contributed by atoms with Crippen molar-refractivity contribution in [3.8, 4) is 0 Å². The number of imide groups is 1. The van der Waals surface area contributed by atoms with Crippen LogP contribution in [0.4, 0.5) is 0 Å². The average molecular weight is 257 g/mol. The Morgan fingerprint density at radius 3 is 2.59 bits per heavy atom. The van der Waals surface area contributed by atoms with Crippen LogP contribution in [-0.4, -0.2) is 45.8 Å². The van der Waals surface area contributed by atoms with E-state index < -0.39 is 5.25 Å². The largest absolute Gasteiger partial charge is 0.299 e. The first-order valence-electron chi connectivity index (χ1n) is 5.42. The van der Waals surface area contributed by atoms with Crippen LogP contribution in [0, 0.1) is 0 Å². The maximum absolute atomic E-state index is 11.8. The van der Waals surface area contributed by atoms with Crippen molar-refractivity contribution in [2.75, 3.05) is 12.3 Å². The fourth-order valence-corrected chi connectivity index (χ4v) is 2.42. The molecule has 0 N–H and O–H groups in total. The van der Waals surface area contributed by atoms with Gasteiger partial charge >= 0.3 is 0 Å². The zero-order chi connectivity index (χ0) is 13.0. The molecule has 1 unspecified atom stereocenters. The maximum Gasteiger partial charge on any atom is 0.243 e. The number of Topliss-reactive ketones (excluding diaryl/α,β-unsaturated/α-hetero) is 2. The lowest BCUT2D eigenvalue weighted by atomic mass is 10.3. The first-order chi connectivity index (χ1) is 7.95. The van der Waals surface area contributed by atoms with Crippen molar-refractivity contribution in [2.45, 2.75) is 31.9 Å². The van der Waals surface area contributed by atoms with Gasteiger partial charge in [0, 0.05) is 12.8 Å². The van der Waals surface area contributed by atoms with Crippen molar-refractivity contribution >= 4 is 35.1 Å². The van der Waals surface area contributed by atoms with E-state index >= 15 is 0 Å². The van der Waals surface area contributed by atoms with Crippen LogP contribution in [0.1, 0.15) is 26.7 Å². The maximum atomic E-state index is 11.8. The smallest absolute Gasteiger partial charge is 0.243 e. The van der Waals surface area contributed by atoms with Crippen LogP contribution in [0.5, 0.6) is 0 Å². The average Bonchev–Trinajstić information content (AvgIpc) is 2.53. The van der Waals surface area contributed by atoms with Gasteiger partial charge in [-0.3, -0.25) is 24.1 Å². The summed E-state index contributed by atoms with van der Waals surface area (Å²) in [7, 11) is 0. The molecule has 0 saturated carbocycles. The van der Waals surface area contributed by atoms with Gasteiger partial charge in [-0.1, -0.05) is 6.92 Å². The second-order valence-corrected chi connectivity index (χ2v) is 5.11. The van der Waals surface area contributed by atoms with E-state index in [4.69, 9.17) is 0 Å². The number of likely N-dealkylation sites (tertiary alicyclic amines) is 1. The van der Waals surface area contributed by atoms with Crippen molar-refractivity contribution in [3.05, 3.63) is 0 Å². The lowest BCUT2D eigenvalue weighted by molar-refractivity contribution is -0.141. The minimum absolute atomic E-state index is 0.0293. The van der Waals surface area contributed by atoms with Gasteiger partial charge in [-0.2, -0.15) is 0 Å². The number of hydrogen-bond acceptors (Lipinski definition) is 5. The van der Waals surface area contributed by atoms with E-state index in [1.54, 1.807) is 6.92 Å². The molecular weight excluding hydrogens is 242 g/mol. The predicted octanol–water partition coefficient (Wildman–Crippen LogP) is 0.415. The standard InChI is InChI=1S/C11H15NO4S/c1-3-8(14)5-12-10(15)4-9(11(12)16)17-6-7(2)13/h9H,3-6H2,1-2H3. The Balaban J connectivity index is 2.59. The molecule has 0 spiro atoms. The first kappa shape index (κ1) is 13.9. The Bertz CT molecular complexity index is 366. The number of carbonyl (C=O) groups is 4. The highest BCUT2D eigenvalue weighted by atomic mass is 32.2. The molecule has 1 fully saturated rings. The van der Waals surface area contributed by atoms with Gasteiger partial charge in [-0.15, -0.1) is 11.8 Å². The molecule has 6 heteroatoms. The summed E-state index contributed by atoms with van der Waals surface area (Å²) in [6, 6.07) is 0. The van der Waals surface area contributed by atoms with Crippen molar-refractivity contribution in [1.82, 2.24) is 4.90 Å². The molecule has 1 aliphatic rings. The summed E-state index contributed by atoms with van der Waals surface area (Å²) in [4.78, 5) is 46.4. The normalized spacial score (nSPS) is 19.9. The number of thioether (sulfide) groups is 1. The number of nitrogens with zero attached hydrogens (tertiary/aromatic N) is 1. The molecule has 0 aliphatic carbocycles. The third kappa shape index (κ3) is 3.66. The second kappa shape index (κ2) is 5.95.